The topological polar surface area (TPSA) is 34.1 Å². The molecule has 0 radical (unpaired) electrons. The average Bonchev–Trinajstić information content (AvgIpc) is 2.29. The van der Waals surface area contributed by atoms with Crippen molar-refractivity contribution in [3.8, 4) is 0 Å². The van der Waals surface area contributed by atoms with E-state index < -0.39 is 0 Å². The van der Waals surface area contributed by atoms with E-state index in [-0.39, 0.29) is 0 Å². The Morgan fingerprint density at radius 2 is 2.06 bits per heavy atom. The summed E-state index contributed by atoms with van der Waals surface area (Å²) in [6.07, 6.45) is 1.05. The van der Waals surface area contributed by atoms with Crippen LogP contribution in [0.1, 0.15) is 38.6 Å². The Morgan fingerprint density at radius 3 is 2.76 bits per heavy atom. The van der Waals surface area contributed by atoms with Gasteiger partial charge in [-0.15, -0.1) is 0 Å². The summed E-state index contributed by atoms with van der Waals surface area (Å²) in [5.74, 6) is 0.672. The Balaban J connectivity index is 2.37. The van der Waals surface area contributed by atoms with Gasteiger partial charge in [-0.25, -0.2) is 0 Å². The van der Waals surface area contributed by atoms with Crippen LogP contribution in [0.3, 0.4) is 0 Å². The van der Waals surface area contributed by atoms with Gasteiger partial charge in [0.1, 0.15) is 0 Å². The zero-order chi connectivity index (χ0) is 12.5. The van der Waals surface area contributed by atoms with E-state index in [9.17, 15) is 0 Å². The normalized spacial score (nSPS) is 11.1. The molecule has 0 saturated carbocycles. The van der Waals surface area contributed by atoms with Gasteiger partial charge < -0.3 is 10.1 Å². The van der Waals surface area contributed by atoms with Crippen LogP contribution in [-0.4, -0.2) is 18.1 Å². The average molecular weight is 236 g/mol. The standard InChI is InChI=1S/C14H24N2O/c1-4-8-17-11-14-7-5-6-13(16-14)10-15-9-12(2)3/h5-7,12,15H,4,8-11H2,1-3H3. The first-order valence-electron chi connectivity index (χ1n) is 6.45. The van der Waals surface area contributed by atoms with Crippen LogP contribution in [0.5, 0.6) is 0 Å². The summed E-state index contributed by atoms with van der Waals surface area (Å²) in [4.78, 5) is 4.55. The molecular weight excluding hydrogens is 212 g/mol. The lowest BCUT2D eigenvalue weighted by Crippen LogP contribution is -2.19. The summed E-state index contributed by atoms with van der Waals surface area (Å²) in [7, 11) is 0. The van der Waals surface area contributed by atoms with E-state index in [2.05, 4.69) is 37.1 Å². The zero-order valence-electron chi connectivity index (χ0n) is 11.2. The number of nitrogens with one attached hydrogen (secondary N) is 1. The van der Waals surface area contributed by atoms with Gasteiger partial charge in [0.2, 0.25) is 0 Å². The quantitative estimate of drug-likeness (QED) is 0.705. The minimum absolute atomic E-state index is 0.617. The van der Waals surface area contributed by atoms with Crippen molar-refractivity contribution in [2.45, 2.75) is 40.3 Å². The number of aromatic nitrogens is 1. The zero-order valence-corrected chi connectivity index (χ0v) is 11.2. The van der Waals surface area contributed by atoms with E-state index in [1.807, 2.05) is 12.1 Å². The van der Waals surface area contributed by atoms with Gasteiger partial charge in [0.15, 0.2) is 0 Å². The van der Waals surface area contributed by atoms with Gasteiger partial charge in [-0.3, -0.25) is 4.98 Å². The molecule has 0 aromatic carbocycles. The molecular formula is C14H24N2O. The second kappa shape index (κ2) is 8.20. The first-order chi connectivity index (χ1) is 8.22. The summed E-state index contributed by atoms with van der Waals surface area (Å²) in [5.41, 5.74) is 2.10. The Morgan fingerprint density at radius 1 is 1.29 bits per heavy atom. The van der Waals surface area contributed by atoms with E-state index in [0.717, 1.165) is 37.5 Å². The highest BCUT2D eigenvalue weighted by atomic mass is 16.5. The van der Waals surface area contributed by atoms with Crippen LogP contribution in [0.25, 0.3) is 0 Å². The number of rotatable bonds is 8. The maximum Gasteiger partial charge on any atom is 0.0887 e. The minimum Gasteiger partial charge on any atom is -0.375 e. The van der Waals surface area contributed by atoms with Crippen LogP contribution in [0, 0.1) is 5.92 Å². The predicted octanol–water partition coefficient (Wildman–Crippen LogP) is 2.75. The molecule has 3 nitrogen and oxygen atoms in total. The van der Waals surface area contributed by atoms with Crippen molar-refractivity contribution in [3.05, 3.63) is 29.6 Å². The molecule has 0 aliphatic carbocycles. The summed E-state index contributed by atoms with van der Waals surface area (Å²) in [5, 5.41) is 3.39. The van der Waals surface area contributed by atoms with Gasteiger partial charge in [0, 0.05) is 13.2 Å². The van der Waals surface area contributed by atoms with E-state index >= 15 is 0 Å². The molecule has 1 rings (SSSR count). The molecule has 0 saturated heterocycles. The Kier molecular flexibility index (Phi) is 6.82. The largest absolute Gasteiger partial charge is 0.375 e. The molecule has 0 aliphatic rings. The molecule has 0 spiro atoms. The highest BCUT2D eigenvalue weighted by molar-refractivity contribution is 5.10. The lowest BCUT2D eigenvalue weighted by molar-refractivity contribution is 0.119. The van der Waals surface area contributed by atoms with Crippen LogP contribution >= 0.6 is 0 Å². The summed E-state index contributed by atoms with van der Waals surface area (Å²) in [6.45, 7) is 9.80. The molecule has 0 fully saturated rings. The van der Waals surface area contributed by atoms with Crippen LogP contribution in [0.2, 0.25) is 0 Å². The number of hydrogen-bond acceptors (Lipinski definition) is 3. The molecule has 96 valence electrons. The Hall–Kier alpha value is -0.930. The molecule has 0 unspecified atom stereocenters. The van der Waals surface area contributed by atoms with Gasteiger partial charge in [0.25, 0.3) is 0 Å². The van der Waals surface area contributed by atoms with Crippen molar-refractivity contribution in [1.29, 1.82) is 0 Å². The molecule has 1 N–H and O–H groups in total. The molecule has 1 heterocycles. The third kappa shape index (κ3) is 6.39. The van der Waals surface area contributed by atoms with E-state index in [4.69, 9.17) is 4.74 Å². The molecule has 0 atom stereocenters. The van der Waals surface area contributed by atoms with Gasteiger partial charge >= 0.3 is 0 Å². The molecule has 17 heavy (non-hydrogen) atoms. The maximum absolute atomic E-state index is 5.48. The molecule has 0 bridgehead atoms. The second-order valence-electron chi connectivity index (χ2n) is 4.70. The first-order valence-corrected chi connectivity index (χ1v) is 6.45. The predicted molar refractivity (Wildman–Crippen MR) is 70.7 cm³/mol. The van der Waals surface area contributed by atoms with Crippen molar-refractivity contribution in [1.82, 2.24) is 10.3 Å². The monoisotopic (exact) mass is 236 g/mol. The van der Waals surface area contributed by atoms with Crippen LogP contribution in [0.15, 0.2) is 18.2 Å². The van der Waals surface area contributed by atoms with Crippen LogP contribution in [0.4, 0.5) is 0 Å². The van der Waals surface area contributed by atoms with Crippen molar-refractivity contribution in [2.24, 2.45) is 5.92 Å². The van der Waals surface area contributed by atoms with Gasteiger partial charge in [-0.1, -0.05) is 26.8 Å². The minimum atomic E-state index is 0.617. The SMILES string of the molecule is CCCOCc1cccc(CNCC(C)C)n1. The van der Waals surface area contributed by atoms with E-state index in [0.29, 0.717) is 12.5 Å². The van der Waals surface area contributed by atoms with Gasteiger partial charge in [-0.2, -0.15) is 0 Å². The fourth-order valence-electron chi connectivity index (χ4n) is 1.52. The van der Waals surface area contributed by atoms with E-state index in [1.54, 1.807) is 0 Å². The first kappa shape index (κ1) is 14.1. The van der Waals surface area contributed by atoms with Gasteiger partial charge in [-0.05, 0) is 31.0 Å². The number of hydrogen-bond donors (Lipinski definition) is 1. The lowest BCUT2D eigenvalue weighted by Gasteiger charge is -2.08. The van der Waals surface area contributed by atoms with Crippen molar-refractivity contribution in [3.63, 3.8) is 0 Å². The highest BCUT2D eigenvalue weighted by Crippen LogP contribution is 2.02. The summed E-state index contributed by atoms with van der Waals surface area (Å²) < 4.78 is 5.48. The van der Waals surface area contributed by atoms with Crippen LogP contribution < -0.4 is 5.32 Å². The molecule has 3 heteroatoms. The fourth-order valence-corrected chi connectivity index (χ4v) is 1.52. The maximum atomic E-state index is 5.48. The van der Waals surface area contributed by atoms with Gasteiger partial charge in [0.05, 0.1) is 18.0 Å². The molecule has 0 amide bonds. The Labute approximate surface area is 105 Å². The number of nitrogens with zero attached hydrogens (tertiary/aromatic N) is 1. The van der Waals surface area contributed by atoms with Crippen molar-refractivity contribution >= 4 is 0 Å². The summed E-state index contributed by atoms with van der Waals surface area (Å²) in [6, 6.07) is 6.11. The van der Waals surface area contributed by atoms with Crippen molar-refractivity contribution in [2.75, 3.05) is 13.2 Å². The third-order valence-electron chi connectivity index (χ3n) is 2.32. The summed E-state index contributed by atoms with van der Waals surface area (Å²) >= 11 is 0. The lowest BCUT2D eigenvalue weighted by atomic mass is 10.2. The Bertz CT molecular complexity index is 313. The van der Waals surface area contributed by atoms with E-state index in [1.165, 1.54) is 0 Å². The van der Waals surface area contributed by atoms with Crippen molar-refractivity contribution < 1.29 is 4.74 Å². The number of pyridine rings is 1. The third-order valence-corrected chi connectivity index (χ3v) is 2.32. The fraction of sp³-hybridized carbons (Fsp3) is 0.643. The highest BCUT2D eigenvalue weighted by Gasteiger charge is 1.99. The number of ether oxygens (including phenoxy) is 1. The molecule has 1 aromatic heterocycles. The smallest absolute Gasteiger partial charge is 0.0887 e. The second-order valence-corrected chi connectivity index (χ2v) is 4.70. The molecule has 1 aromatic rings. The van der Waals surface area contributed by atoms with Crippen LogP contribution in [-0.2, 0) is 17.9 Å². The molecule has 0 aliphatic heterocycles.